The van der Waals surface area contributed by atoms with Gasteiger partial charge < -0.3 is 4.98 Å². The number of rotatable bonds is 1. The van der Waals surface area contributed by atoms with E-state index in [0.29, 0.717) is 20.4 Å². The summed E-state index contributed by atoms with van der Waals surface area (Å²) in [6, 6.07) is 12.7. The quantitative estimate of drug-likeness (QED) is 0.650. The zero-order valence-electron chi connectivity index (χ0n) is 10.0. The molecule has 20 heavy (non-hydrogen) atoms. The molecule has 0 radical (unpaired) electrons. The van der Waals surface area contributed by atoms with Crippen LogP contribution in [0.3, 0.4) is 0 Å². The Morgan fingerprint density at radius 1 is 1.10 bits per heavy atom. The Balaban J connectivity index is 2.38. The minimum Gasteiger partial charge on any atom is -0.330 e. The highest BCUT2D eigenvalue weighted by Gasteiger charge is 2.09. The van der Waals surface area contributed by atoms with E-state index in [0.717, 1.165) is 16.7 Å². The van der Waals surface area contributed by atoms with Crippen molar-refractivity contribution in [3.63, 3.8) is 0 Å². The molecule has 0 aliphatic carbocycles. The molecule has 1 N–H and O–H groups in total. The molecule has 3 rings (SSSR count). The van der Waals surface area contributed by atoms with Crippen LogP contribution in [0.25, 0.3) is 16.7 Å². The van der Waals surface area contributed by atoms with Gasteiger partial charge in [-0.1, -0.05) is 23.2 Å². The second-order valence-electron chi connectivity index (χ2n) is 4.24. The first kappa shape index (κ1) is 13.2. The molecule has 1 heterocycles. The average molecular weight is 320 g/mol. The Morgan fingerprint density at radius 2 is 1.80 bits per heavy atom. The SMILES string of the molecule is N#Cc1ccc2[nH]c(=S)n(-c3cc(Cl)cc(Cl)c3)c2c1. The molecular weight excluding hydrogens is 313 g/mol. The van der Waals surface area contributed by atoms with E-state index < -0.39 is 0 Å². The van der Waals surface area contributed by atoms with Gasteiger partial charge in [0, 0.05) is 10.0 Å². The first-order valence-electron chi connectivity index (χ1n) is 5.70. The molecule has 2 aromatic carbocycles. The number of imidazole rings is 1. The number of halogens is 2. The lowest BCUT2D eigenvalue weighted by Gasteiger charge is -2.06. The number of nitrogens with zero attached hydrogens (tertiary/aromatic N) is 2. The molecule has 0 saturated carbocycles. The van der Waals surface area contributed by atoms with Crippen molar-refractivity contribution in [3.8, 4) is 11.8 Å². The van der Waals surface area contributed by atoms with Gasteiger partial charge in [-0.3, -0.25) is 4.57 Å². The van der Waals surface area contributed by atoms with Crippen LogP contribution in [-0.2, 0) is 0 Å². The molecule has 0 fully saturated rings. The number of aromatic amines is 1. The standard InChI is InChI=1S/C14H7Cl2N3S/c15-9-4-10(16)6-11(5-9)19-13-3-8(7-17)1-2-12(13)18-14(19)20/h1-6H,(H,18,20). The Kier molecular flexibility index (Phi) is 3.27. The number of benzene rings is 2. The van der Waals surface area contributed by atoms with Crippen molar-refractivity contribution < 1.29 is 0 Å². The summed E-state index contributed by atoms with van der Waals surface area (Å²) in [5.41, 5.74) is 2.99. The van der Waals surface area contributed by atoms with Crippen molar-refractivity contribution in [1.29, 1.82) is 5.26 Å². The summed E-state index contributed by atoms with van der Waals surface area (Å²) in [6.07, 6.45) is 0. The maximum atomic E-state index is 9.02. The van der Waals surface area contributed by atoms with E-state index in [-0.39, 0.29) is 0 Å². The third-order valence-corrected chi connectivity index (χ3v) is 3.64. The second kappa shape index (κ2) is 4.95. The molecule has 1 aromatic heterocycles. The van der Waals surface area contributed by atoms with Crippen molar-refractivity contribution >= 4 is 46.5 Å². The van der Waals surface area contributed by atoms with Crippen LogP contribution in [0.4, 0.5) is 0 Å². The highest BCUT2D eigenvalue weighted by atomic mass is 35.5. The van der Waals surface area contributed by atoms with Gasteiger partial charge in [-0.15, -0.1) is 0 Å². The van der Waals surface area contributed by atoms with Crippen LogP contribution in [-0.4, -0.2) is 9.55 Å². The van der Waals surface area contributed by atoms with E-state index in [4.69, 9.17) is 40.7 Å². The molecule has 0 aliphatic heterocycles. The predicted molar refractivity (Wildman–Crippen MR) is 83.2 cm³/mol. The normalized spacial score (nSPS) is 10.7. The topological polar surface area (TPSA) is 44.5 Å². The molecule has 0 aliphatic rings. The second-order valence-corrected chi connectivity index (χ2v) is 5.50. The molecule has 0 unspecified atom stereocenters. The summed E-state index contributed by atoms with van der Waals surface area (Å²) >= 11 is 17.4. The van der Waals surface area contributed by atoms with Crippen LogP contribution in [0.5, 0.6) is 0 Å². The van der Waals surface area contributed by atoms with E-state index in [1.54, 1.807) is 30.3 Å². The predicted octanol–water partition coefficient (Wildman–Crippen LogP) is 4.87. The van der Waals surface area contributed by atoms with Crippen LogP contribution in [0, 0.1) is 16.1 Å². The monoisotopic (exact) mass is 319 g/mol. The van der Waals surface area contributed by atoms with Crippen molar-refractivity contribution in [2.24, 2.45) is 0 Å². The number of aromatic nitrogens is 2. The largest absolute Gasteiger partial charge is 0.330 e. The lowest BCUT2D eigenvalue weighted by Crippen LogP contribution is -1.94. The third-order valence-electron chi connectivity index (χ3n) is 2.92. The van der Waals surface area contributed by atoms with Crippen molar-refractivity contribution in [2.45, 2.75) is 0 Å². The van der Waals surface area contributed by atoms with E-state index in [2.05, 4.69) is 11.1 Å². The average Bonchev–Trinajstić information content (AvgIpc) is 2.72. The van der Waals surface area contributed by atoms with Crippen molar-refractivity contribution in [2.75, 3.05) is 0 Å². The summed E-state index contributed by atoms with van der Waals surface area (Å²) in [7, 11) is 0. The van der Waals surface area contributed by atoms with Gasteiger partial charge in [0.15, 0.2) is 4.77 Å². The van der Waals surface area contributed by atoms with Gasteiger partial charge in [-0.25, -0.2) is 0 Å². The van der Waals surface area contributed by atoms with Crippen LogP contribution in [0.2, 0.25) is 10.0 Å². The number of nitriles is 1. The van der Waals surface area contributed by atoms with Gasteiger partial charge in [0.1, 0.15) is 0 Å². The Labute approximate surface area is 130 Å². The molecule has 3 aromatic rings. The van der Waals surface area contributed by atoms with Gasteiger partial charge in [0.2, 0.25) is 0 Å². The summed E-state index contributed by atoms with van der Waals surface area (Å²) in [5.74, 6) is 0. The molecule has 0 saturated heterocycles. The summed E-state index contributed by atoms with van der Waals surface area (Å²) in [5, 5.41) is 10.1. The van der Waals surface area contributed by atoms with Crippen molar-refractivity contribution in [1.82, 2.24) is 9.55 Å². The molecule has 0 bridgehead atoms. The third kappa shape index (κ3) is 2.20. The lowest BCUT2D eigenvalue weighted by molar-refractivity contribution is 1.06. The number of fused-ring (bicyclic) bond motifs is 1. The summed E-state index contributed by atoms with van der Waals surface area (Å²) < 4.78 is 2.33. The van der Waals surface area contributed by atoms with Gasteiger partial charge in [0.05, 0.1) is 28.4 Å². The summed E-state index contributed by atoms with van der Waals surface area (Å²) in [4.78, 5) is 3.10. The van der Waals surface area contributed by atoms with E-state index in [9.17, 15) is 0 Å². The fourth-order valence-electron chi connectivity index (χ4n) is 2.10. The highest BCUT2D eigenvalue weighted by molar-refractivity contribution is 7.71. The molecule has 98 valence electrons. The number of H-pyrrole nitrogens is 1. The van der Waals surface area contributed by atoms with E-state index >= 15 is 0 Å². The maximum absolute atomic E-state index is 9.02. The Hall–Kier alpha value is -1.80. The van der Waals surface area contributed by atoms with E-state index in [1.165, 1.54) is 0 Å². The van der Waals surface area contributed by atoms with Crippen LogP contribution in [0.1, 0.15) is 5.56 Å². The molecule has 0 spiro atoms. The molecule has 0 atom stereocenters. The zero-order chi connectivity index (χ0) is 14.3. The Morgan fingerprint density at radius 3 is 2.45 bits per heavy atom. The summed E-state index contributed by atoms with van der Waals surface area (Å²) in [6.45, 7) is 0. The fourth-order valence-corrected chi connectivity index (χ4v) is 2.93. The zero-order valence-corrected chi connectivity index (χ0v) is 12.4. The van der Waals surface area contributed by atoms with Gasteiger partial charge in [-0.05, 0) is 48.6 Å². The highest BCUT2D eigenvalue weighted by Crippen LogP contribution is 2.26. The van der Waals surface area contributed by atoms with Gasteiger partial charge >= 0.3 is 0 Å². The smallest absolute Gasteiger partial charge is 0.182 e. The molecular formula is C14H7Cl2N3S. The fraction of sp³-hybridized carbons (Fsp3) is 0. The van der Waals surface area contributed by atoms with Gasteiger partial charge in [-0.2, -0.15) is 5.26 Å². The van der Waals surface area contributed by atoms with Crippen LogP contribution >= 0.6 is 35.4 Å². The number of nitrogens with one attached hydrogen (secondary N) is 1. The molecule has 0 amide bonds. The molecule has 6 heteroatoms. The van der Waals surface area contributed by atoms with Crippen LogP contribution < -0.4 is 0 Å². The van der Waals surface area contributed by atoms with Crippen molar-refractivity contribution in [3.05, 3.63) is 56.8 Å². The maximum Gasteiger partial charge on any atom is 0.182 e. The lowest BCUT2D eigenvalue weighted by atomic mass is 10.2. The minimum atomic E-state index is 0.522. The number of hydrogen-bond acceptors (Lipinski definition) is 2. The van der Waals surface area contributed by atoms with Crippen LogP contribution in [0.15, 0.2) is 36.4 Å². The first-order valence-corrected chi connectivity index (χ1v) is 6.86. The minimum absolute atomic E-state index is 0.522. The number of hydrogen-bond donors (Lipinski definition) is 1. The van der Waals surface area contributed by atoms with E-state index in [1.807, 2.05) is 10.6 Å². The Bertz CT molecular complexity index is 898. The van der Waals surface area contributed by atoms with Gasteiger partial charge in [0.25, 0.3) is 0 Å². The molecule has 3 nitrogen and oxygen atoms in total. The first-order chi connectivity index (χ1) is 9.58.